The second-order valence-corrected chi connectivity index (χ2v) is 5.56. The zero-order valence-electron chi connectivity index (χ0n) is 12.7. The Morgan fingerprint density at radius 2 is 2.04 bits per heavy atom. The first-order chi connectivity index (χ1) is 11.4. The van der Waals surface area contributed by atoms with Crippen molar-refractivity contribution in [3.8, 4) is 0 Å². The van der Waals surface area contributed by atoms with Gasteiger partial charge in [-0.2, -0.15) is 0 Å². The second kappa shape index (κ2) is 6.05. The molecule has 0 fully saturated rings. The molecule has 1 aliphatic carbocycles. The number of pyridine rings is 1. The Hall–Kier alpha value is -2.94. The van der Waals surface area contributed by atoms with Gasteiger partial charge in [0.2, 0.25) is 0 Å². The van der Waals surface area contributed by atoms with Crippen LogP contribution in [0.1, 0.15) is 14.3 Å². The molecule has 2 aromatic rings. The molecule has 0 atom stereocenters. The van der Waals surface area contributed by atoms with Crippen molar-refractivity contribution in [2.45, 2.75) is 12.8 Å². The van der Waals surface area contributed by atoms with Crippen molar-refractivity contribution in [1.82, 2.24) is 10.3 Å². The number of allylic oxidation sites excluding steroid dienone is 5. The van der Waals surface area contributed by atoms with Crippen LogP contribution in [-0.2, 0) is 0 Å². The summed E-state index contributed by atoms with van der Waals surface area (Å²) in [6, 6.07) is 12.1. The number of para-hydroxylation sites is 1. The van der Waals surface area contributed by atoms with Crippen LogP contribution in [0.2, 0.25) is 0 Å². The molecule has 3 nitrogen and oxygen atoms in total. The highest BCUT2D eigenvalue weighted by Gasteiger charge is 2.10. The van der Waals surface area contributed by atoms with E-state index in [2.05, 4.69) is 58.9 Å². The molecule has 3 heteroatoms. The number of amidine groups is 1. The normalized spacial score (nSPS) is 18.7. The minimum absolute atomic E-state index is 0. The third-order valence-corrected chi connectivity index (χ3v) is 3.90. The monoisotopic (exact) mass is 301 g/mol. The Balaban J connectivity index is 0.00000169. The Kier molecular flexibility index (Phi) is 3.60. The molecule has 0 bridgehead atoms. The van der Waals surface area contributed by atoms with E-state index in [9.17, 15) is 0 Å². The van der Waals surface area contributed by atoms with Gasteiger partial charge in [0.1, 0.15) is 5.84 Å². The molecular formula is C20H19N3. The Morgan fingerprint density at radius 1 is 1.09 bits per heavy atom. The maximum atomic E-state index is 4.70. The summed E-state index contributed by atoms with van der Waals surface area (Å²) >= 11 is 0. The molecule has 1 aliphatic heterocycles. The van der Waals surface area contributed by atoms with Gasteiger partial charge < -0.3 is 5.32 Å². The van der Waals surface area contributed by atoms with E-state index in [4.69, 9.17) is 4.99 Å². The van der Waals surface area contributed by atoms with Gasteiger partial charge in [0, 0.05) is 18.9 Å². The number of aliphatic imine (C=N–C) groups is 1. The fraction of sp³-hybridized carbons (Fsp3) is 0.100. The number of hydrogen-bond acceptors (Lipinski definition) is 2. The number of aromatic nitrogens is 1. The van der Waals surface area contributed by atoms with Gasteiger partial charge in [-0.05, 0) is 30.2 Å². The molecule has 0 spiro atoms. The molecule has 1 N–H and O–H groups in total. The van der Waals surface area contributed by atoms with Crippen LogP contribution in [0, 0.1) is 0 Å². The van der Waals surface area contributed by atoms with Crippen LogP contribution in [0.5, 0.6) is 0 Å². The van der Waals surface area contributed by atoms with Crippen molar-refractivity contribution < 1.29 is 1.43 Å². The van der Waals surface area contributed by atoms with Crippen LogP contribution in [-0.4, -0.2) is 10.8 Å². The van der Waals surface area contributed by atoms with Gasteiger partial charge in [0.15, 0.2) is 5.82 Å². The van der Waals surface area contributed by atoms with E-state index < -0.39 is 0 Å². The van der Waals surface area contributed by atoms with Gasteiger partial charge in [0.05, 0.1) is 5.52 Å². The molecule has 0 saturated carbocycles. The van der Waals surface area contributed by atoms with Crippen molar-refractivity contribution in [3.63, 3.8) is 0 Å². The Bertz CT molecular complexity index is 904. The lowest BCUT2D eigenvalue weighted by Gasteiger charge is -2.10. The third-order valence-electron chi connectivity index (χ3n) is 3.90. The fourth-order valence-electron chi connectivity index (χ4n) is 2.75. The average Bonchev–Trinajstić information content (AvgIpc) is 2.90. The summed E-state index contributed by atoms with van der Waals surface area (Å²) in [4.78, 5) is 9.33. The molecule has 0 amide bonds. The van der Waals surface area contributed by atoms with Crippen molar-refractivity contribution in [2.75, 3.05) is 0 Å². The van der Waals surface area contributed by atoms with Crippen molar-refractivity contribution in [3.05, 3.63) is 84.1 Å². The minimum Gasteiger partial charge on any atom is -0.343 e. The first kappa shape index (κ1) is 13.7. The van der Waals surface area contributed by atoms with E-state index in [1.54, 1.807) is 0 Å². The number of rotatable bonds is 1. The van der Waals surface area contributed by atoms with E-state index in [1.165, 1.54) is 5.57 Å². The van der Waals surface area contributed by atoms with Gasteiger partial charge in [-0.25, -0.2) is 9.98 Å². The molecular weight excluding hydrogens is 282 g/mol. The SMILES string of the molecule is C1=CCC=C2NC(=Nc3ccc4ccccc4n3)CC=CC2=C1.[HH]. The predicted molar refractivity (Wildman–Crippen MR) is 97.8 cm³/mol. The van der Waals surface area contributed by atoms with E-state index in [0.29, 0.717) is 0 Å². The highest BCUT2D eigenvalue weighted by atomic mass is 15.0. The van der Waals surface area contributed by atoms with Gasteiger partial charge in [0.25, 0.3) is 0 Å². The highest BCUT2D eigenvalue weighted by molar-refractivity contribution is 5.89. The molecule has 1 aromatic carbocycles. The number of nitrogens with one attached hydrogen (secondary N) is 1. The third kappa shape index (κ3) is 2.99. The molecule has 0 radical (unpaired) electrons. The molecule has 2 aliphatic rings. The smallest absolute Gasteiger partial charge is 0.154 e. The maximum absolute atomic E-state index is 4.70. The molecule has 4 rings (SSSR count). The summed E-state index contributed by atoms with van der Waals surface area (Å²) in [6.45, 7) is 0. The molecule has 0 saturated heterocycles. The van der Waals surface area contributed by atoms with Gasteiger partial charge in [-0.3, -0.25) is 0 Å². The largest absolute Gasteiger partial charge is 0.343 e. The number of nitrogens with zero attached hydrogens (tertiary/aromatic N) is 2. The standard InChI is InChI=1S/C20H17N3.H2/c1-2-7-15-9-6-12-19(21-17(15)10-3-1)23-20-14-13-16-8-4-5-11-18(16)22-20;/h1-2,4-11,13-14H,3,12H2,(H,21,22,23);1H. The molecule has 2 heterocycles. The van der Waals surface area contributed by atoms with Crippen molar-refractivity contribution in [1.29, 1.82) is 0 Å². The lowest BCUT2D eigenvalue weighted by molar-refractivity contribution is 1.10. The van der Waals surface area contributed by atoms with Crippen LogP contribution in [0.25, 0.3) is 10.9 Å². The summed E-state index contributed by atoms with van der Waals surface area (Å²) in [6.07, 6.45) is 14.5. The molecule has 23 heavy (non-hydrogen) atoms. The fourth-order valence-corrected chi connectivity index (χ4v) is 2.75. The Morgan fingerprint density at radius 3 is 3.04 bits per heavy atom. The van der Waals surface area contributed by atoms with E-state index in [1.807, 2.05) is 24.3 Å². The topological polar surface area (TPSA) is 37.3 Å². The predicted octanol–water partition coefficient (Wildman–Crippen LogP) is 4.83. The minimum atomic E-state index is 0. The maximum Gasteiger partial charge on any atom is 0.154 e. The number of fused-ring (bicyclic) bond motifs is 2. The molecule has 1 aromatic heterocycles. The average molecular weight is 301 g/mol. The van der Waals surface area contributed by atoms with Crippen molar-refractivity contribution in [2.24, 2.45) is 4.99 Å². The van der Waals surface area contributed by atoms with Gasteiger partial charge in [-0.15, -0.1) is 0 Å². The summed E-state index contributed by atoms with van der Waals surface area (Å²) in [5, 5.41) is 4.59. The summed E-state index contributed by atoms with van der Waals surface area (Å²) < 4.78 is 0. The first-order valence-electron chi connectivity index (χ1n) is 7.83. The van der Waals surface area contributed by atoms with Gasteiger partial charge in [-0.1, -0.05) is 54.7 Å². The van der Waals surface area contributed by atoms with Crippen LogP contribution in [0.3, 0.4) is 0 Å². The zero-order valence-corrected chi connectivity index (χ0v) is 12.7. The highest BCUT2D eigenvalue weighted by Crippen LogP contribution is 2.20. The molecule has 114 valence electrons. The van der Waals surface area contributed by atoms with Crippen LogP contribution in [0.4, 0.5) is 5.82 Å². The second-order valence-electron chi connectivity index (χ2n) is 5.56. The van der Waals surface area contributed by atoms with E-state index >= 15 is 0 Å². The van der Waals surface area contributed by atoms with Crippen molar-refractivity contribution >= 4 is 22.6 Å². The lowest BCUT2D eigenvalue weighted by atomic mass is 10.1. The van der Waals surface area contributed by atoms with Crippen LogP contribution < -0.4 is 5.32 Å². The lowest BCUT2D eigenvalue weighted by Crippen LogP contribution is -2.21. The van der Waals surface area contributed by atoms with Crippen LogP contribution >= 0.6 is 0 Å². The van der Waals surface area contributed by atoms with Crippen LogP contribution in [0.15, 0.2) is 89.1 Å². The first-order valence-corrected chi connectivity index (χ1v) is 7.83. The molecule has 0 unspecified atom stereocenters. The number of hydrogen-bond donors (Lipinski definition) is 1. The van der Waals surface area contributed by atoms with E-state index in [-0.39, 0.29) is 1.43 Å². The van der Waals surface area contributed by atoms with E-state index in [0.717, 1.165) is 41.1 Å². The van der Waals surface area contributed by atoms with Gasteiger partial charge >= 0.3 is 0 Å². The summed E-state index contributed by atoms with van der Waals surface area (Å²) in [5.41, 5.74) is 3.27. The summed E-state index contributed by atoms with van der Waals surface area (Å²) in [5.74, 6) is 1.65. The quantitative estimate of drug-likeness (QED) is 0.819. The number of benzene rings is 1. The Labute approximate surface area is 137 Å². The zero-order chi connectivity index (χ0) is 15.5. The summed E-state index contributed by atoms with van der Waals surface area (Å²) in [7, 11) is 0.